The number of ether oxygens (including phenoxy) is 3. The van der Waals surface area contributed by atoms with Crippen LogP contribution in [0.4, 0.5) is 0 Å². The van der Waals surface area contributed by atoms with Crippen molar-refractivity contribution in [3.63, 3.8) is 0 Å². The Morgan fingerprint density at radius 1 is 1.25 bits per heavy atom. The smallest absolute Gasteiger partial charge is 0.187 e. The number of nitriles is 1. The van der Waals surface area contributed by atoms with Gasteiger partial charge in [-0.25, -0.2) is 0 Å². The molecule has 1 aliphatic heterocycles. The third kappa shape index (κ3) is 3.62. The second kappa shape index (κ2) is 7.73. The van der Waals surface area contributed by atoms with Crippen LogP contribution in [0.5, 0.6) is 5.75 Å². The number of aromatic nitrogens is 1. The second-order valence-corrected chi connectivity index (χ2v) is 5.33. The van der Waals surface area contributed by atoms with Crippen molar-refractivity contribution < 1.29 is 14.2 Å². The fourth-order valence-corrected chi connectivity index (χ4v) is 2.57. The molecule has 0 saturated carbocycles. The average Bonchev–Trinajstić information content (AvgIpc) is 2.67. The van der Waals surface area contributed by atoms with Crippen molar-refractivity contribution in [2.45, 2.75) is 12.7 Å². The van der Waals surface area contributed by atoms with Crippen molar-refractivity contribution in [3.8, 4) is 11.8 Å². The second-order valence-electron chi connectivity index (χ2n) is 5.33. The summed E-state index contributed by atoms with van der Waals surface area (Å²) in [5.41, 5.74) is 3.11. The zero-order chi connectivity index (χ0) is 16.8. The van der Waals surface area contributed by atoms with Gasteiger partial charge in [-0.1, -0.05) is 6.07 Å². The van der Waals surface area contributed by atoms with Gasteiger partial charge in [0.1, 0.15) is 5.75 Å². The van der Waals surface area contributed by atoms with Crippen LogP contribution in [0.3, 0.4) is 0 Å². The summed E-state index contributed by atoms with van der Waals surface area (Å²) in [6, 6.07) is 11.6. The van der Waals surface area contributed by atoms with Crippen LogP contribution in [0, 0.1) is 11.3 Å². The van der Waals surface area contributed by atoms with Crippen LogP contribution in [-0.2, 0) is 9.47 Å². The number of pyridine rings is 1. The number of rotatable bonds is 4. The summed E-state index contributed by atoms with van der Waals surface area (Å²) in [5, 5.41) is 9.45. The predicted octanol–water partition coefficient (Wildman–Crippen LogP) is 3.59. The number of benzene rings is 1. The topological polar surface area (TPSA) is 64.4 Å². The zero-order valence-corrected chi connectivity index (χ0v) is 13.4. The summed E-state index contributed by atoms with van der Waals surface area (Å²) in [6.07, 6.45) is 5.63. The van der Waals surface area contributed by atoms with E-state index in [1.165, 1.54) is 0 Å². The third-order valence-corrected chi connectivity index (χ3v) is 3.76. The molecule has 0 unspecified atom stereocenters. The predicted molar refractivity (Wildman–Crippen MR) is 90.0 cm³/mol. The van der Waals surface area contributed by atoms with Crippen molar-refractivity contribution in [2.24, 2.45) is 0 Å². The lowest BCUT2D eigenvalue weighted by Gasteiger charge is -2.25. The Morgan fingerprint density at radius 2 is 2.00 bits per heavy atom. The average molecular weight is 322 g/mol. The quantitative estimate of drug-likeness (QED) is 0.805. The van der Waals surface area contributed by atoms with E-state index < -0.39 is 6.29 Å². The number of nitrogens with zero attached hydrogens (tertiary/aromatic N) is 2. The molecule has 122 valence electrons. The molecule has 1 aliphatic rings. The number of methoxy groups -OCH3 is 1. The molecule has 1 aromatic carbocycles. The summed E-state index contributed by atoms with van der Waals surface area (Å²) in [6.45, 7) is 1.32. The van der Waals surface area contributed by atoms with Gasteiger partial charge in [-0.05, 0) is 47.9 Å². The van der Waals surface area contributed by atoms with Crippen molar-refractivity contribution >= 4 is 11.6 Å². The van der Waals surface area contributed by atoms with E-state index >= 15 is 0 Å². The Morgan fingerprint density at radius 3 is 2.67 bits per heavy atom. The standard InChI is InChI=1S/C19H18N2O3/c1-22-18-4-3-14(12-17(18)19-23-9-2-10-24-19)11-16(13-20)15-5-7-21-8-6-15/h3-8,11-12,19H,2,9-10H2,1H3. The van der Waals surface area contributed by atoms with E-state index in [4.69, 9.17) is 14.2 Å². The summed E-state index contributed by atoms with van der Waals surface area (Å²) < 4.78 is 16.8. The molecule has 5 heteroatoms. The van der Waals surface area contributed by atoms with Gasteiger partial charge < -0.3 is 14.2 Å². The molecule has 1 saturated heterocycles. The molecule has 2 aromatic rings. The Kier molecular flexibility index (Phi) is 5.22. The number of hydrogen-bond acceptors (Lipinski definition) is 5. The summed E-state index contributed by atoms with van der Waals surface area (Å²) in [7, 11) is 1.62. The summed E-state index contributed by atoms with van der Waals surface area (Å²) >= 11 is 0. The molecule has 0 amide bonds. The first-order valence-corrected chi connectivity index (χ1v) is 7.75. The van der Waals surface area contributed by atoms with Gasteiger partial charge in [0.25, 0.3) is 0 Å². The van der Waals surface area contributed by atoms with Crippen molar-refractivity contribution in [2.75, 3.05) is 20.3 Å². The van der Waals surface area contributed by atoms with Gasteiger partial charge >= 0.3 is 0 Å². The van der Waals surface area contributed by atoms with E-state index in [-0.39, 0.29) is 0 Å². The van der Waals surface area contributed by atoms with Gasteiger partial charge in [-0.2, -0.15) is 5.26 Å². The minimum absolute atomic E-state index is 0.437. The van der Waals surface area contributed by atoms with E-state index in [9.17, 15) is 5.26 Å². The first kappa shape index (κ1) is 16.2. The highest BCUT2D eigenvalue weighted by Gasteiger charge is 2.20. The lowest BCUT2D eigenvalue weighted by Crippen LogP contribution is -2.18. The molecule has 2 heterocycles. The highest BCUT2D eigenvalue weighted by Crippen LogP contribution is 2.32. The summed E-state index contributed by atoms with van der Waals surface area (Å²) in [5.74, 6) is 0.710. The molecule has 0 N–H and O–H groups in total. The molecule has 0 spiro atoms. The maximum atomic E-state index is 9.45. The van der Waals surface area contributed by atoms with Crippen LogP contribution in [0.2, 0.25) is 0 Å². The molecule has 1 fully saturated rings. The van der Waals surface area contributed by atoms with E-state index in [0.717, 1.165) is 23.1 Å². The van der Waals surface area contributed by atoms with Gasteiger partial charge in [0.2, 0.25) is 0 Å². The van der Waals surface area contributed by atoms with Gasteiger partial charge in [0.05, 0.1) is 37.5 Å². The Hall–Kier alpha value is -2.68. The Bertz CT molecular complexity index is 760. The molecule has 1 aromatic heterocycles. The van der Waals surface area contributed by atoms with Crippen LogP contribution in [0.25, 0.3) is 11.6 Å². The van der Waals surface area contributed by atoms with Crippen LogP contribution < -0.4 is 4.74 Å². The lowest BCUT2D eigenvalue weighted by molar-refractivity contribution is -0.183. The fraction of sp³-hybridized carbons (Fsp3) is 0.263. The van der Waals surface area contributed by atoms with E-state index in [1.54, 1.807) is 19.5 Å². The maximum absolute atomic E-state index is 9.45. The monoisotopic (exact) mass is 322 g/mol. The molecule has 5 nitrogen and oxygen atoms in total. The fourth-order valence-electron chi connectivity index (χ4n) is 2.57. The molecular formula is C19H18N2O3. The SMILES string of the molecule is COc1ccc(C=C(C#N)c2ccncc2)cc1C1OCCCO1. The number of hydrogen-bond donors (Lipinski definition) is 0. The molecule has 3 rings (SSSR count). The first-order chi connectivity index (χ1) is 11.8. The van der Waals surface area contributed by atoms with E-state index in [1.807, 2.05) is 36.4 Å². The highest BCUT2D eigenvalue weighted by atomic mass is 16.7. The highest BCUT2D eigenvalue weighted by molar-refractivity contribution is 5.89. The van der Waals surface area contributed by atoms with Gasteiger partial charge in [0, 0.05) is 12.4 Å². The Labute approximate surface area is 141 Å². The Balaban J connectivity index is 1.96. The van der Waals surface area contributed by atoms with Crippen molar-refractivity contribution in [3.05, 3.63) is 59.4 Å². The largest absolute Gasteiger partial charge is 0.496 e. The molecular weight excluding hydrogens is 304 g/mol. The minimum Gasteiger partial charge on any atom is -0.496 e. The summed E-state index contributed by atoms with van der Waals surface area (Å²) in [4.78, 5) is 3.98. The molecule has 0 radical (unpaired) electrons. The van der Waals surface area contributed by atoms with Gasteiger partial charge in [-0.15, -0.1) is 0 Å². The van der Waals surface area contributed by atoms with Crippen LogP contribution in [0.15, 0.2) is 42.7 Å². The lowest BCUT2D eigenvalue weighted by atomic mass is 10.0. The van der Waals surface area contributed by atoms with Crippen molar-refractivity contribution in [1.82, 2.24) is 4.98 Å². The molecule has 24 heavy (non-hydrogen) atoms. The van der Waals surface area contributed by atoms with Crippen LogP contribution in [0.1, 0.15) is 29.4 Å². The third-order valence-electron chi connectivity index (χ3n) is 3.76. The minimum atomic E-state index is -0.437. The normalized spacial score (nSPS) is 15.8. The molecule has 0 atom stereocenters. The van der Waals surface area contributed by atoms with Crippen LogP contribution >= 0.6 is 0 Å². The van der Waals surface area contributed by atoms with Crippen molar-refractivity contribution in [1.29, 1.82) is 5.26 Å². The maximum Gasteiger partial charge on any atom is 0.187 e. The van der Waals surface area contributed by atoms with Gasteiger partial charge in [-0.3, -0.25) is 4.98 Å². The molecule has 0 aliphatic carbocycles. The van der Waals surface area contributed by atoms with Crippen LogP contribution in [-0.4, -0.2) is 25.3 Å². The number of allylic oxidation sites excluding steroid dienone is 1. The first-order valence-electron chi connectivity index (χ1n) is 7.75. The zero-order valence-electron chi connectivity index (χ0n) is 13.4. The van der Waals surface area contributed by atoms with E-state index in [2.05, 4.69) is 11.1 Å². The van der Waals surface area contributed by atoms with E-state index in [0.29, 0.717) is 24.5 Å². The molecule has 0 bridgehead atoms. The van der Waals surface area contributed by atoms with Gasteiger partial charge in [0.15, 0.2) is 6.29 Å².